The van der Waals surface area contributed by atoms with Crippen molar-refractivity contribution in [1.29, 1.82) is 0 Å². The van der Waals surface area contributed by atoms with Crippen LogP contribution in [-0.4, -0.2) is 10.7 Å². The Morgan fingerprint density at radius 3 is 2.36 bits per heavy atom. The second kappa shape index (κ2) is 4.35. The number of allylic oxidation sites excluding steroid dienone is 3. The van der Waals surface area contributed by atoms with E-state index in [-0.39, 0.29) is 0 Å². The van der Waals surface area contributed by atoms with E-state index in [1.54, 1.807) is 19.9 Å². The third-order valence-corrected chi connectivity index (χ3v) is 1.44. The topological polar surface area (TPSA) is 20.2 Å². The molecule has 64 valence electrons. The Kier molecular flexibility index (Phi) is 4.12. The fourth-order valence-corrected chi connectivity index (χ4v) is 0.566. The summed E-state index contributed by atoms with van der Waals surface area (Å²) in [5, 5.41) is 9.29. The molecule has 1 heteroatoms. The first-order valence-corrected chi connectivity index (χ1v) is 4.03. The van der Waals surface area contributed by atoms with E-state index >= 15 is 0 Å². The van der Waals surface area contributed by atoms with Crippen molar-refractivity contribution in [3.05, 3.63) is 23.8 Å². The van der Waals surface area contributed by atoms with Crippen molar-refractivity contribution in [2.24, 2.45) is 0 Å². The van der Waals surface area contributed by atoms with E-state index in [1.165, 1.54) is 5.57 Å². The zero-order valence-electron chi connectivity index (χ0n) is 7.89. The standard InChI is InChI=1S/C10H18O/c1-5-9(2)7-6-8-10(3,4)11/h6-8,11H,5H2,1-4H3/b8-6+,9-7-. The molecule has 11 heavy (non-hydrogen) atoms. The minimum atomic E-state index is -0.690. The molecule has 0 aromatic rings. The largest absolute Gasteiger partial charge is 0.386 e. The molecule has 0 unspecified atom stereocenters. The molecule has 0 fully saturated rings. The van der Waals surface area contributed by atoms with Gasteiger partial charge in [0.2, 0.25) is 0 Å². The molecule has 0 aromatic heterocycles. The van der Waals surface area contributed by atoms with Crippen molar-refractivity contribution in [3.8, 4) is 0 Å². The van der Waals surface area contributed by atoms with Crippen LogP contribution in [0.15, 0.2) is 23.8 Å². The lowest BCUT2D eigenvalue weighted by Gasteiger charge is -2.09. The van der Waals surface area contributed by atoms with Gasteiger partial charge in [0.1, 0.15) is 0 Å². The molecule has 0 spiro atoms. The average Bonchev–Trinajstić information content (AvgIpc) is 1.85. The van der Waals surface area contributed by atoms with Crippen LogP contribution in [0.5, 0.6) is 0 Å². The molecule has 0 amide bonds. The third kappa shape index (κ3) is 7.34. The van der Waals surface area contributed by atoms with E-state index in [0.717, 1.165) is 6.42 Å². The molecule has 0 heterocycles. The van der Waals surface area contributed by atoms with Gasteiger partial charge in [0.25, 0.3) is 0 Å². The molecular formula is C10H18O. The number of hydrogen-bond donors (Lipinski definition) is 1. The molecule has 0 saturated carbocycles. The summed E-state index contributed by atoms with van der Waals surface area (Å²) >= 11 is 0. The maximum absolute atomic E-state index is 9.29. The summed E-state index contributed by atoms with van der Waals surface area (Å²) < 4.78 is 0. The highest BCUT2D eigenvalue weighted by Crippen LogP contribution is 2.04. The van der Waals surface area contributed by atoms with E-state index < -0.39 is 5.60 Å². The van der Waals surface area contributed by atoms with Crippen LogP contribution in [0.2, 0.25) is 0 Å². The lowest BCUT2D eigenvalue weighted by Crippen LogP contribution is -2.13. The van der Waals surface area contributed by atoms with Crippen LogP contribution in [0.4, 0.5) is 0 Å². The van der Waals surface area contributed by atoms with E-state index in [9.17, 15) is 5.11 Å². The van der Waals surface area contributed by atoms with Gasteiger partial charge in [0, 0.05) is 0 Å². The summed E-state index contributed by atoms with van der Waals surface area (Å²) in [5.74, 6) is 0. The van der Waals surface area contributed by atoms with Crippen molar-refractivity contribution < 1.29 is 5.11 Å². The Hall–Kier alpha value is -0.560. The molecule has 0 rings (SSSR count). The van der Waals surface area contributed by atoms with Crippen molar-refractivity contribution >= 4 is 0 Å². The first kappa shape index (κ1) is 10.4. The summed E-state index contributed by atoms with van der Waals surface area (Å²) in [6.07, 6.45) is 6.78. The first-order chi connectivity index (χ1) is 4.95. The number of aliphatic hydroxyl groups is 1. The van der Waals surface area contributed by atoms with E-state index in [4.69, 9.17) is 0 Å². The minimum Gasteiger partial charge on any atom is -0.386 e. The Morgan fingerprint density at radius 2 is 2.00 bits per heavy atom. The van der Waals surface area contributed by atoms with E-state index in [2.05, 4.69) is 13.8 Å². The SMILES string of the molecule is CC/C(C)=C\C=C\C(C)(C)O. The minimum absolute atomic E-state index is 0.690. The van der Waals surface area contributed by atoms with Crippen molar-refractivity contribution in [2.45, 2.75) is 39.7 Å². The lowest BCUT2D eigenvalue weighted by molar-refractivity contribution is 0.133. The first-order valence-electron chi connectivity index (χ1n) is 4.03. The molecule has 1 nitrogen and oxygen atoms in total. The van der Waals surface area contributed by atoms with Crippen molar-refractivity contribution in [1.82, 2.24) is 0 Å². The molecule has 0 aromatic carbocycles. The van der Waals surface area contributed by atoms with Gasteiger partial charge in [-0.3, -0.25) is 0 Å². The van der Waals surface area contributed by atoms with Gasteiger partial charge < -0.3 is 5.11 Å². The van der Waals surface area contributed by atoms with Gasteiger partial charge in [-0.15, -0.1) is 0 Å². The summed E-state index contributed by atoms with van der Waals surface area (Å²) in [7, 11) is 0. The highest BCUT2D eigenvalue weighted by Gasteiger charge is 2.04. The number of rotatable bonds is 3. The van der Waals surface area contributed by atoms with Crippen LogP contribution in [-0.2, 0) is 0 Å². The Morgan fingerprint density at radius 1 is 1.45 bits per heavy atom. The fourth-order valence-electron chi connectivity index (χ4n) is 0.566. The number of hydrogen-bond acceptors (Lipinski definition) is 1. The van der Waals surface area contributed by atoms with Crippen LogP contribution in [0.1, 0.15) is 34.1 Å². The molecular weight excluding hydrogens is 136 g/mol. The maximum Gasteiger partial charge on any atom is 0.0774 e. The summed E-state index contributed by atoms with van der Waals surface area (Å²) in [4.78, 5) is 0. The molecule has 0 radical (unpaired) electrons. The lowest BCUT2D eigenvalue weighted by atomic mass is 10.1. The van der Waals surface area contributed by atoms with Gasteiger partial charge in [-0.25, -0.2) is 0 Å². The molecule has 1 N–H and O–H groups in total. The van der Waals surface area contributed by atoms with Crippen LogP contribution in [0, 0.1) is 0 Å². The Labute approximate surface area is 69.4 Å². The van der Waals surface area contributed by atoms with Gasteiger partial charge in [0.15, 0.2) is 0 Å². The van der Waals surface area contributed by atoms with Crippen LogP contribution < -0.4 is 0 Å². The zero-order valence-corrected chi connectivity index (χ0v) is 7.89. The quantitative estimate of drug-likeness (QED) is 0.620. The Bertz CT molecular complexity index is 158. The van der Waals surface area contributed by atoms with Crippen molar-refractivity contribution in [3.63, 3.8) is 0 Å². The van der Waals surface area contributed by atoms with Gasteiger partial charge in [-0.1, -0.05) is 30.7 Å². The monoisotopic (exact) mass is 154 g/mol. The van der Waals surface area contributed by atoms with Crippen LogP contribution >= 0.6 is 0 Å². The normalized spacial score (nSPS) is 14.5. The predicted octanol–water partition coefficient (Wildman–Crippen LogP) is 2.67. The smallest absolute Gasteiger partial charge is 0.0774 e. The maximum atomic E-state index is 9.29. The van der Waals surface area contributed by atoms with Gasteiger partial charge in [-0.05, 0) is 27.2 Å². The predicted molar refractivity (Wildman–Crippen MR) is 49.5 cm³/mol. The van der Waals surface area contributed by atoms with Crippen LogP contribution in [0.3, 0.4) is 0 Å². The molecule has 0 bridgehead atoms. The summed E-state index contributed by atoms with van der Waals surface area (Å²) in [6, 6.07) is 0. The highest BCUT2D eigenvalue weighted by molar-refractivity contribution is 5.12. The molecule has 0 saturated heterocycles. The summed E-state index contributed by atoms with van der Waals surface area (Å²) in [6.45, 7) is 7.72. The second-order valence-corrected chi connectivity index (χ2v) is 3.38. The van der Waals surface area contributed by atoms with Gasteiger partial charge >= 0.3 is 0 Å². The molecule has 0 aliphatic rings. The van der Waals surface area contributed by atoms with Crippen molar-refractivity contribution in [2.75, 3.05) is 0 Å². The average molecular weight is 154 g/mol. The Balaban J connectivity index is 3.96. The van der Waals surface area contributed by atoms with Gasteiger partial charge in [0.05, 0.1) is 5.60 Å². The highest BCUT2D eigenvalue weighted by atomic mass is 16.3. The summed E-state index contributed by atoms with van der Waals surface area (Å²) in [5.41, 5.74) is 0.635. The van der Waals surface area contributed by atoms with Crippen LogP contribution in [0.25, 0.3) is 0 Å². The molecule has 0 atom stereocenters. The van der Waals surface area contributed by atoms with E-state index in [1.807, 2.05) is 12.2 Å². The van der Waals surface area contributed by atoms with Gasteiger partial charge in [-0.2, -0.15) is 0 Å². The third-order valence-electron chi connectivity index (χ3n) is 1.44. The second-order valence-electron chi connectivity index (χ2n) is 3.38. The molecule has 0 aliphatic heterocycles. The molecule has 0 aliphatic carbocycles. The fraction of sp³-hybridized carbons (Fsp3) is 0.600. The van der Waals surface area contributed by atoms with E-state index in [0.29, 0.717) is 0 Å². The zero-order chi connectivity index (χ0) is 8.91.